The number of aliphatic hydroxyl groups is 4. The number of nitrogens with zero attached hydrogens (tertiary/aromatic N) is 9. The van der Waals surface area contributed by atoms with E-state index in [0.717, 1.165) is 103 Å². The summed E-state index contributed by atoms with van der Waals surface area (Å²) in [4.78, 5) is 80.6. The summed E-state index contributed by atoms with van der Waals surface area (Å²) in [6.07, 6.45) is 8.08. The molecule has 12 N–H and O–H groups in total. The molecule has 2 fully saturated rings. The van der Waals surface area contributed by atoms with Gasteiger partial charge in [-0.25, -0.2) is 14.2 Å². The van der Waals surface area contributed by atoms with Gasteiger partial charge >= 0.3 is 17.7 Å². The molecule has 0 spiro atoms. The van der Waals surface area contributed by atoms with Crippen molar-refractivity contribution in [3.63, 3.8) is 0 Å². The standard InChI is InChI=1S/C43H58N4O12.C27H22Cl2N4.C18H20FN3O4.C10H24N2O2/c1-21-12-11-13-22(2)42(55)45-33-28(20-44-47-17-15-46(9)16-18-47)37(52)30-31(38(33)53)36(51)26(6)40-32(30)41(54)43(8,59-40)57-19-14-29(56-10)23(3)39(58-27(7)48)25(5)35(50)24(4)34(21)49;1-17(2)30-24-16-27-25(15-23(24)31-20-11-7-18(28)8-12-20)32-22-5-3-4-6-26(22)33(27)21-13-9-19(29)10-14-21;1-10-9-26-17-14-11(16(23)12(18(24)25)8-22(10)14)7-13(19)15(17)21-5-3-20(2)4-6-21;1-3-9(7-13)11-5-6-12-10(4-2)8-14/h11-14,19-21,23-25,29,34-35,39,49-53H,15-18H2,1-10H3,(H,45,55);3-17,31H,1-2H3;7-8,10H,3-6,9H2,1-2H3,(H,24,25);9-14H,3-8H2,1-2H3/b12-11+,19-14+,22-13-,44-20-;;;/t21-,23-,24+,25+,29-,34+,35+,39+,43-;;10-;9-,10-/m0.00/s1. The van der Waals surface area contributed by atoms with Gasteiger partial charge in [-0.1, -0.05) is 95.1 Å². The number of methoxy groups -OCH3 is 1. The van der Waals surface area contributed by atoms with Crippen LogP contribution in [0.2, 0.25) is 10.0 Å². The Bertz CT molecular complexity index is 5840. The van der Waals surface area contributed by atoms with Crippen LogP contribution in [0.5, 0.6) is 28.7 Å². The highest BCUT2D eigenvalue weighted by Gasteiger charge is 2.50. The number of para-hydroxylation sites is 2. The minimum absolute atomic E-state index is 0.0434. The first kappa shape index (κ1) is 101. The number of ketones is 1. The van der Waals surface area contributed by atoms with Gasteiger partial charge in [0.2, 0.25) is 5.43 Å². The average molecular weight is 1860 g/mol. The van der Waals surface area contributed by atoms with Crippen LogP contribution in [0.15, 0.2) is 148 Å². The zero-order valence-corrected chi connectivity index (χ0v) is 79.1. The number of phenolic OH excluding ortho intramolecular Hbond substituents is 3. The number of aliphatic hydroxyl groups excluding tert-OH is 4. The van der Waals surface area contributed by atoms with Crippen molar-refractivity contribution in [1.29, 1.82) is 0 Å². The van der Waals surface area contributed by atoms with Crippen LogP contribution in [-0.4, -0.2) is 254 Å². The number of hydrogen-bond donors (Lipinski definition) is 12. The fourth-order valence-corrected chi connectivity index (χ4v) is 17.0. The van der Waals surface area contributed by atoms with E-state index < -0.39 is 106 Å². The SMILES string of the molecule is CC(C)N=c1cc2n(-c3ccc(Cl)cc3)c3ccccc3nc-2cc1Nc1ccc(Cl)cc1.CC[C@@H](CO)NCCN[C@@H](CC)CO.CO[C@H]1/C=C/O[C@@]2(C)Oc3c(C)c(O)c4c(O)c(c(/C=N\N5CCN(C)CC5)c(O)c4c3C2=O)NC(=O)/C(C)=C\C=C\[C@H](C)[C@@H](O)[C@@H](C)[C@@H](O)[C@@H](C)[C@H](OC(C)=O)[C@H]1C.C[C@H]1COc2c(N3CCN(C)CC3)c(F)cc3c(=O)c(C(=O)O)cn1c23. The van der Waals surface area contributed by atoms with Crippen molar-refractivity contribution < 1.29 is 88.1 Å². The Hall–Kier alpha value is -11.3. The van der Waals surface area contributed by atoms with Crippen LogP contribution in [0.3, 0.4) is 0 Å². The minimum atomic E-state index is -2.04. The number of hydrazone groups is 1. The number of carbonyl (C=O) groups is 4. The number of Topliss-reactive ketones (excluding diaryl/α,β-unsaturated/α-hetero) is 1. The molecular weight excluding hydrogens is 1740 g/mol. The topological polar surface area (TPSA) is 402 Å². The van der Waals surface area contributed by atoms with E-state index in [-0.39, 0.29) is 99.4 Å². The van der Waals surface area contributed by atoms with Gasteiger partial charge in [0.15, 0.2) is 17.3 Å². The number of halogens is 3. The van der Waals surface area contributed by atoms with Crippen LogP contribution < -0.4 is 46.4 Å². The van der Waals surface area contributed by atoms with E-state index in [4.69, 9.17) is 67.1 Å². The molecule has 1 aromatic heterocycles. The summed E-state index contributed by atoms with van der Waals surface area (Å²) in [5.74, 6) is -9.89. The van der Waals surface area contributed by atoms with Crippen LogP contribution >= 0.6 is 23.2 Å². The van der Waals surface area contributed by atoms with Crippen molar-refractivity contribution >= 4 is 109 Å². The van der Waals surface area contributed by atoms with Crippen molar-refractivity contribution in [2.75, 3.05) is 122 Å². The second kappa shape index (κ2) is 45.0. The number of rotatable bonds is 19. The maximum atomic E-state index is 15.0. The summed E-state index contributed by atoms with van der Waals surface area (Å²) in [5.41, 5.74) is 6.02. The number of fused-ring (bicyclic) bond motifs is 16. The smallest absolute Gasteiger partial charge is 0.341 e. The first-order chi connectivity index (χ1) is 62.9. The molecule has 6 aromatic carbocycles. The molecule has 0 unspecified atom stereocenters. The van der Waals surface area contributed by atoms with E-state index in [1.54, 1.807) is 49.4 Å². The lowest BCUT2D eigenvalue weighted by Crippen LogP contribution is -2.46. The number of carboxylic acid groups (broad SMARTS) is 1. The molecule has 1 amide bonds. The lowest BCUT2D eigenvalue weighted by atomic mass is 9.78. The molecule has 15 rings (SSSR count). The number of benzene rings is 7. The predicted molar refractivity (Wildman–Crippen MR) is 512 cm³/mol. The minimum Gasteiger partial charge on any atom is -0.507 e. The summed E-state index contributed by atoms with van der Waals surface area (Å²) in [5, 5.41) is 106. The number of hydrogen-bond acceptors (Lipinski definition) is 27. The number of aromatic hydroxyl groups is 3. The number of likely N-dealkylation sites (N-methyl/N-ethyl adjacent to an activating group) is 2. The van der Waals surface area contributed by atoms with Crippen molar-refractivity contribution in [3.8, 4) is 45.8 Å². The van der Waals surface area contributed by atoms with Crippen LogP contribution in [-0.2, 0) is 23.8 Å². The molecule has 710 valence electrons. The van der Waals surface area contributed by atoms with Crippen molar-refractivity contribution in [3.05, 3.63) is 187 Å². The highest BCUT2D eigenvalue weighted by Crippen LogP contribution is 2.55. The number of piperazine rings is 2. The van der Waals surface area contributed by atoms with Gasteiger partial charge in [-0.05, 0) is 146 Å². The summed E-state index contributed by atoms with van der Waals surface area (Å²) >= 11 is 12.2. The Morgan fingerprint density at radius 1 is 0.780 bits per heavy atom. The van der Waals surface area contributed by atoms with Crippen molar-refractivity contribution in [2.24, 2.45) is 33.8 Å². The normalized spacial score (nSPS) is 23.0. The Morgan fingerprint density at radius 2 is 1.40 bits per heavy atom. The summed E-state index contributed by atoms with van der Waals surface area (Å²) in [6, 6.07) is 29.3. The van der Waals surface area contributed by atoms with Gasteiger partial charge in [0.25, 0.3) is 11.7 Å². The number of ether oxygens (including phenoxy) is 5. The highest BCUT2D eigenvalue weighted by molar-refractivity contribution is 6.31. The van der Waals surface area contributed by atoms with Gasteiger partial charge in [0.05, 0.1) is 117 Å². The number of aromatic nitrogens is 3. The lowest BCUT2D eigenvalue weighted by molar-refractivity contribution is -0.160. The van der Waals surface area contributed by atoms with E-state index in [0.29, 0.717) is 53.2 Å². The Balaban J connectivity index is 0.000000192. The molecular formula is C98H124Cl2FN13O18. The molecule has 1 aliphatic carbocycles. The van der Waals surface area contributed by atoms with E-state index in [2.05, 4.69) is 72.8 Å². The zero-order valence-electron chi connectivity index (χ0n) is 77.6. The van der Waals surface area contributed by atoms with Gasteiger partial charge in [-0.3, -0.25) is 29.2 Å². The van der Waals surface area contributed by atoms with Gasteiger partial charge in [-0.2, -0.15) is 5.10 Å². The fraction of sp³-hybridized carbons (Fsp3) is 0.449. The van der Waals surface area contributed by atoms with Crippen LogP contribution in [0.4, 0.5) is 27.1 Å². The largest absolute Gasteiger partial charge is 0.507 e. The molecule has 5 bridgehead atoms. The van der Waals surface area contributed by atoms with Crippen LogP contribution in [0, 0.1) is 36.4 Å². The molecule has 12 atom stereocenters. The number of aromatic carboxylic acids is 1. The van der Waals surface area contributed by atoms with Crippen LogP contribution in [0.25, 0.3) is 49.8 Å². The number of pyridine rings is 1. The number of allylic oxidation sites excluding steroid dienone is 2. The number of carbonyl (C=O) groups excluding carboxylic acids is 3. The van der Waals surface area contributed by atoms with E-state index >= 15 is 0 Å². The number of phenols is 3. The second-order valence-electron chi connectivity index (χ2n) is 34.7. The third kappa shape index (κ3) is 23.1. The van der Waals surface area contributed by atoms with Crippen LogP contribution in [0.1, 0.15) is 134 Å². The molecule has 0 radical (unpaired) electrons. The van der Waals surface area contributed by atoms with E-state index in [1.165, 1.54) is 65.6 Å². The zero-order chi connectivity index (χ0) is 96.0. The Labute approximate surface area is 777 Å². The van der Waals surface area contributed by atoms with Crippen molar-refractivity contribution in [1.82, 2.24) is 39.6 Å². The van der Waals surface area contributed by atoms with E-state index in [9.17, 15) is 59.0 Å². The number of esters is 1. The number of carboxylic acids is 1. The molecule has 31 nitrogen and oxygen atoms in total. The summed E-state index contributed by atoms with van der Waals surface area (Å²) < 4.78 is 48.4. The second-order valence-corrected chi connectivity index (χ2v) is 35.6. The Morgan fingerprint density at radius 3 is 2.00 bits per heavy atom. The predicted octanol–water partition coefficient (Wildman–Crippen LogP) is 13.1. The Kier molecular flexibility index (Phi) is 34.5. The molecule has 2 saturated heterocycles. The van der Waals surface area contributed by atoms with Gasteiger partial charge in [-0.15, -0.1) is 0 Å². The van der Waals surface area contributed by atoms with Gasteiger partial charge < -0.3 is 110 Å². The fourth-order valence-electron chi connectivity index (χ4n) is 16.7. The molecule has 0 saturated carbocycles. The first-order valence-electron chi connectivity index (χ1n) is 44.6. The van der Waals surface area contributed by atoms with Crippen molar-refractivity contribution in [2.45, 2.75) is 157 Å². The number of amides is 1. The molecule has 34 heteroatoms. The maximum absolute atomic E-state index is 15.0. The molecule has 7 aromatic rings. The highest BCUT2D eigenvalue weighted by atomic mass is 35.5. The average Bonchev–Trinajstić information content (AvgIpc) is 1.62. The quantitative estimate of drug-likeness (QED) is 0.00893. The monoisotopic (exact) mass is 1860 g/mol. The molecule has 7 aliphatic heterocycles. The third-order valence-corrected chi connectivity index (χ3v) is 25.3. The maximum Gasteiger partial charge on any atom is 0.341 e. The molecule has 8 heterocycles. The number of nitrogens with one attached hydrogen (secondary N) is 4. The first-order valence-corrected chi connectivity index (χ1v) is 45.4. The summed E-state index contributed by atoms with van der Waals surface area (Å²) in [7, 11) is 5.44. The third-order valence-electron chi connectivity index (χ3n) is 24.8. The van der Waals surface area contributed by atoms with E-state index in [1.807, 2.05) is 106 Å². The lowest BCUT2D eigenvalue weighted by Gasteiger charge is -2.38. The molecule has 132 heavy (non-hydrogen) atoms. The van der Waals surface area contributed by atoms with Gasteiger partial charge in [0.1, 0.15) is 41.2 Å². The number of anilines is 4. The molecule has 8 aliphatic rings. The summed E-state index contributed by atoms with van der Waals surface area (Å²) in [6.45, 7) is 30.4. The van der Waals surface area contributed by atoms with Gasteiger partial charge in [0, 0.05) is 172 Å².